The SMILES string of the molecule is CCc1noc(C)c1COc1nc2oc(=O)cc(CCC(C)C)c2c(=O)[nH]1. The summed E-state index contributed by atoms with van der Waals surface area (Å²) in [6.07, 6.45) is 2.15. The van der Waals surface area contributed by atoms with Crippen LogP contribution in [0.1, 0.15) is 49.8 Å². The summed E-state index contributed by atoms with van der Waals surface area (Å²) >= 11 is 0. The van der Waals surface area contributed by atoms with Crippen molar-refractivity contribution >= 4 is 11.1 Å². The molecule has 8 nitrogen and oxygen atoms in total. The first kappa shape index (κ1) is 18.9. The van der Waals surface area contributed by atoms with E-state index in [2.05, 4.69) is 29.0 Å². The normalized spacial score (nSPS) is 11.4. The number of hydrogen-bond donors (Lipinski definition) is 1. The highest BCUT2D eigenvalue weighted by atomic mass is 16.5. The van der Waals surface area contributed by atoms with Gasteiger partial charge in [-0.15, -0.1) is 0 Å². The summed E-state index contributed by atoms with van der Waals surface area (Å²) in [6.45, 7) is 8.06. The molecule has 8 heteroatoms. The molecule has 0 aliphatic heterocycles. The van der Waals surface area contributed by atoms with Crippen LogP contribution in [-0.2, 0) is 19.4 Å². The maximum absolute atomic E-state index is 12.6. The molecule has 0 saturated heterocycles. The van der Waals surface area contributed by atoms with Gasteiger partial charge in [0, 0.05) is 6.07 Å². The highest BCUT2D eigenvalue weighted by Crippen LogP contribution is 2.19. The average Bonchev–Trinajstić information content (AvgIpc) is 2.97. The number of aryl methyl sites for hydroxylation is 3. The Hall–Kier alpha value is -2.90. The van der Waals surface area contributed by atoms with Crippen molar-refractivity contribution in [1.29, 1.82) is 0 Å². The van der Waals surface area contributed by atoms with Crippen LogP contribution in [0.3, 0.4) is 0 Å². The van der Waals surface area contributed by atoms with Gasteiger partial charge in [0.15, 0.2) is 0 Å². The summed E-state index contributed by atoms with van der Waals surface area (Å²) in [5.74, 6) is 1.10. The van der Waals surface area contributed by atoms with Crippen LogP contribution in [-0.4, -0.2) is 15.1 Å². The van der Waals surface area contributed by atoms with Crippen LogP contribution in [0.15, 0.2) is 24.6 Å². The van der Waals surface area contributed by atoms with Crippen molar-refractivity contribution in [2.45, 2.75) is 53.6 Å². The number of nitrogens with one attached hydrogen (secondary N) is 1. The molecule has 0 saturated carbocycles. The second-order valence-electron chi connectivity index (χ2n) is 6.88. The molecule has 0 bridgehead atoms. The third-order valence-electron chi connectivity index (χ3n) is 4.42. The zero-order chi connectivity index (χ0) is 19.6. The zero-order valence-corrected chi connectivity index (χ0v) is 15.9. The van der Waals surface area contributed by atoms with Crippen LogP contribution in [0, 0.1) is 12.8 Å². The molecular weight excluding hydrogens is 350 g/mol. The Morgan fingerprint density at radius 1 is 1.30 bits per heavy atom. The van der Waals surface area contributed by atoms with E-state index in [0.29, 0.717) is 30.1 Å². The first-order chi connectivity index (χ1) is 12.9. The maximum Gasteiger partial charge on any atom is 0.337 e. The molecule has 0 unspecified atom stereocenters. The molecule has 0 amide bonds. The zero-order valence-electron chi connectivity index (χ0n) is 15.9. The molecule has 3 rings (SSSR count). The van der Waals surface area contributed by atoms with Gasteiger partial charge in [-0.2, -0.15) is 4.98 Å². The molecule has 0 radical (unpaired) electrons. The third-order valence-corrected chi connectivity index (χ3v) is 4.42. The second-order valence-corrected chi connectivity index (χ2v) is 6.88. The van der Waals surface area contributed by atoms with Crippen LogP contribution in [0.5, 0.6) is 6.01 Å². The lowest BCUT2D eigenvalue weighted by atomic mass is 10.0. The number of H-pyrrole nitrogens is 1. The fourth-order valence-corrected chi connectivity index (χ4v) is 2.88. The van der Waals surface area contributed by atoms with Gasteiger partial charge in [-0.1, -0.05) is 25.9 Å². The molecule has 0 aromatic carbocycles. The van der Waals surface area contributed by atoms with Crippen molar-refractivity contribution in [3.05, 3.63) is 49.4 Å². The summed E-state index contributed by atoms with van der Waals surface area (Å²) in [7, 11) is 0. The van der Waals surface area contributed by atoms with Crippen LogP contribution in [0.4, 0.5) is 0 Å². The van der Waals surface area contributed by atoms with Crippen LogP contribution >= 0.6 is 0 Å². The Morgan fingerprint density at radius 3 is 2.78 bits per heavy atom. The van der Waals surface area contributed by atoms with Crippen molar-refractivity contribution < 1.29 is 13.7 Å². The molecule has 1 N–H and O–H groups in total. The minimum atomic E-state index is -0.534. The first-order valence-corrected chi connectivity index (χ1v) is 9.02. The highest BCUT2D eigenvalue weighted by Gasteiger charge is 2.16. The van der Waals surface area contributed by atoms with Gasteiger partial charge in [-0.3, -0.25) is 9.78 Å². The Morgan fingerprint density at radius 2 is 2.07 bits per heavy atom. The summed E-state index contributed by atoms with van der Waals surface area (Å²) in [4.78, 5) is 31.2. The van der Waals surface area contributed by atoms with Gasteiger partial charge in [-0.05, 0) is 37.7 Å². The molecule has 0 aliphatic carbocycles. The average molecular weight is 373 g/mol. The summed E-state index contributed by atoms with van der Waals surface area (Å²) < 4.78 is 15.9. The van der Waals surface area contributed by atoms with E-state index in [9.17, 15) is 9.59 Å². The molecule has 3 aromatic rings. The molecule has 3 aromatic heterocycles. The predicted octanol–water partition coefficient (Wildman–Crippen LogP) is 2.90. The van der Waals surface area contributed by atoms with Crippen LogP contribution < -0.4 is 15.9 Å². The molecule has 27 heavy (non-hydrogen) atoms. The van der Waals surface area contributed by atoms with Crippen molar-refractivity contribution in [3.8, 4) is 6.01 Å². The van der Waals surface area contributed by atoms with Crippen molar-refractivity contribution in [2.24, 2.45) is 5.92 Å². The summed E-state index contributed by atoms with van der Waals surface area (Å²) in [5.41, 5.74) is 1.30. The minimum Gasteiger partial charge on any atom is -0.460 e. The fourth-order valence-electron chi connectivity index (χ4n) is 2.88. The monoisotopic (exact) mass is 373 g/mol. The van der Waals surface area contributed by atoms with E-state index in [0.717, 1.165) is 17.7 Å². The largest absolute Gasteiger partial charge is 0.460 e. The van der Waals surface area contributed by atoms with Crippen molar-refractivity contribution in [2.75, 3.05) is 0 Å². The number of rotatable bonds is 7. The number of hydrogen-bond acceptors (Lipinski definition) is 7. The highest BCUT2D eigenvalue weighted by molar-refractivity contribution is 5.75. The fraction of sp³-hybridized carbons (Fsp3) is 0.474. The van der Waals surface area contributed by atoms with E-state index >= 15 is 0 Å². The Kier molecular flexibility index (Phi) is 5.43. The van der Waals surface area contributed by atoms with E-state index < -0.39 is 11.2 Å². The minimum absolute atomic E-state index is 0.0145. The lowest BCUT2D eigenvalue weighted by Crippen LogP contribution is -2.16. The second kappa shape index (κ2) is 7.77. The topological polar surface area (TPSA) is 111 Å². The van der Waals surface area contributed by atoms with Gasteiger partial charge in [0.2, 0.25) is 5.71 Å². The van der Waals surface area contributed by atoms with Gasteiger partial charge >= 0.3 is 5.63 Å². The number of aromatic nitrogens is 3. The molecule has 0 fully saturated rings. The van der Waals surface area contributed by atoms with Gasteiger partial charge in [-0.25, -0.2) is 4.79 Å². The third kappa shape index (κ3) is 4.10. The smallest absolute Gasteiger partial charge is 0.337 e. The van der Waals surface area contributed by atoms with E-state index in [1.165, 1.54) is 6.07 Å². The van der Waals surface area contributed by atoms with Crippen LogP contribution in [0.25, 0.3) is 11.1 Å². The molecule has 0 aliphatic rings. The lowest BCUT2D eigenvalue weighted by molar-refractivity contribution is 0.276. The summed E-state index contributed by atoms with van der Waals surface area (Å²) in [6, 6.07) is 1.34. The van der Waals surface area contributed by atoms with Crippen LogP contribution in [0.2, 0.25) is 0 Å². The van der Waals surface area contributed by atoms with E-state index in [-0.39, 0.29) is 23.7 Å². The van der Waals surface area contributed by atoms with Crippen molar-refractivity contribution in [1.82, 2.24) is 15.1 Å². The first-order valence-electron chi connectivity index (χ1n) is 9.02. The van der Waals surface area contributed by atoms with Gasteiger partial charge in [0.1, 0.15) is 17.8 Å². The number of ether oxygens (including phenoxy) is 1. The molecule has 0 atom stereocenters. The maximum atomic E-state index is 12.6. The Balaban J connectivity index is 1.93. The van der Waals surface area contributed by atoms with E-state index in [1.807, 2.05) is 6.92 Å². The number of aromatic amines is 1. The Bertz CT molecular complexity index is 1060. The number of fused-ring (bicyclic) bond motifs is 1. The van der Waals surface area contributed by atoms with Gasteiger partial charge in [0.05, 0.1) is 11.3 Å². The predicted molar refractivity (Wildman–Crippen MR) is 99.0 cm³/mol. The van der Waals surface area contributed by atoms with Crippen molar-refractivity contribution in [3.63, 3.8) is 0 Å². The van der Waals surface area contributed by atoms with E-state index in [4.69, 9.17) is 13.7 Å². The molecular formula is C19H23N3O5. The summed E-state index contributed by atoms with van der Waals surface area (Å²) in [5, 5.41) is 4.25. The Labute approximate surface area is 155 Å². The van der Waals surface area contributed by atoms with Gasteiger partial charge < -0.3 is 13.7 Å². The van der Waals surface area contributed by atoms with Gasteiger partial charge in [0.25, 0.3) is 11.6 Å². The quantitative estimate of drug-likeness (QED) is 0.678. The molecule has 0 spiro atoms. The lowest BCUT2D eigenvalue weighted by Gasteiger charge is -2.08. The standard InChI is InChI=1S/C19H23N3O5/c1-5-14-13(11(4)27-22-14)9-25-19-20-17(24)16-12(7-6-10(2)3)8-15(23)26-18(16)21-19/h8,10H,5-7,9H2,1-4H3,(H,20,21,24). The number of nitrogens with zero attached hydrogens (tertiary/aromatic N) is 2. The molecule has 144 valence electrons. The van der Waals surface area contributed by atoms with E-state index in [1.54, 1.807) is 6.92 Å². The molecule has 3 heterocycles.